The zero-order valence-corrected chi connectivity index (χ0v) is 5.09. The number of aromatic amines is 1. The quantitative estimate of drug-likeness (QED) is 0.550. The number of carbonyl (C=O) groups is 1. The molecule has 1 aromatic heterocycles. The summed E-state index contributed by atoms with van der Waals surface area (Å²) in [5, 5.41) is 10.4. The topological polar surface area (TPSA) is 68.7 Å². The van der Waals surface area contributed by atoms with Crippen LogP contribution in [0.25, 0.3) is 0 Å². The van der Waals surface area contributed by atoms with Crippen LogP contribution in [0.5, 0.6) is 0 Å². The van der Waals surface area contributed by atoms with E-state index in [-0.39, 0.29) is 0 Å². The average molecular weight is 135 g/mol. The lowest BCUT2D eigenvalue weighted by atomic mass is 10.5. The number of H-pyrrole nitrogens is 1. The van der Waals surface area contributed by atoms with Crippen molar-refractivity contribution in [3.63, 3.8) is 0 Å². The lowest BCUT2D eigenvalue weighted by Crippen LogP contribution is -2.06. The van der Waals surface area contributed by atoms with Crippen LogP contribution >= 0.6 is 0 Å². The molecule has 1 aromatic rings. The monoisotopic (exact) mass is 135 g/mol. The Morgan fingerprint density at radius 2 is 2.60 bits per heavy atom. The second-order valence-corrected chi connectivity index (χ2v) is 1.67. The van der Waals surface area contributed by atoms with Crippen molar-refractivity contribution in [2.45, 2.75) is 0 Å². The van der Waals surface area contributed by atoms with Gasteiger partial charge in [0.05, 0.1) is 5.69 Å². The lowest BCUT2D eigenvalue weighted by Gasteiger charge is -1.90. The molecule has 0 radical (unpaired) electrons. The molecule has 4 nitrogen and oxygen atoms in total. The molecule has 0 atom stereocenters. The van der Waals surface area contributed by atoms with Crippen molar-refractivity contribution < 1.29 is 4.79 Å². The highest BCUT2D eigenvalue weighted by molar-refractivity contribution is 6.02. The third-order valence-electron chi connectivity index (χ3n) is 0.957. The Bertz CT molecular complexity index is 257. The fourth-order valence-corrected chi connectivity index (χ4v) is 0.561. The summed E-state index contributed by atoms with van der Waals surface area (Å²) in [7, 11) is 0. The first-order valence-electron chi connectivity index (χ1n) is 2.67. The molecular formula is C6H5N3O. The zero-order chi connectivity index (χ0) is 7.40. The second kappa shape index (κ2) is 2.69. The number of hydrogen-bond donors (Lipinski definition) is 2. The van der Waals surface area contributed by atoms with Crippen molar-refractivity contribution >= 4 is 11.6 Å². The number of amides is 1. The molecule has 0 aliphatic carbocycles. The summed E-state index contributed by atoms with van der Waals surface area (Å²) in [6.07, 6.45) is 3.25. The number of anilines is 1. The van der Waals surface area contributed by atoms with Gasteiger partial charge in [-0.15, -0.1) is 0 Å². The van der Waals surface area contributed by atoms with E-state index in [0.717, 1.165) is 0 Å². The normalized spacial score (nSPS) is 8.30. The molecule has 1 amide bonds. The molecule has 0 spiro atoms. The van der Waals surface area contributed by atoms with Crippen LogP contribution in [0.4, 0.5) is 5.69 Å². The highest BCUT2D eigenvalue weighted by atomic mass is 16.1. The predicted molar refractivity (Wildman–Crippen MR) is 35.0 cm³/mol. The van der Waals surface area contributed by atoms with E-state index in [4.69, 9.17) is 5.26 Å². The van der Waals surface area contributed by atoms with E-state index in [1.807, 2.05) is 0 Å². The van der Waals surface area contributed by atoms with Crippen LogP contribution in [-0.4, -0.2) is 10.9 Å². The number of aromatic nitrogens is 1. The van der Waals surface area contributed by atoms with E-state index in [2.05, 4.69) is 10.3 Å². The number of nitrogens with one attached hydrogen (secondary N) is 2. The van der Waals surface area contributed by atoms with Gasteiger partial charge < -0.3 is 10.3 Å². The SMILES string of the molecule is N#CC(=O)Nc1cc[nH]c1. The fourth-order valence-electron chi connectivity index (χ4n) is 0.561. The smallest absolute Gasteiger partial charge is 0.326 e. The molecule has 10 heavy (non-hydrogen) atoms. The maximum Gasteiger partial charge on any atom is 0.326 e. The number of rotatable bonds is 1. The van der Waals surface area contributed by atoms with Crippen molar-refractivity contribution in [1.29, 1.82) is 5.26 Å². The van der Waals surface area contributed by atoms with Crippen LogP contribution < -0.4 is 5.32 Å². The molecular weight excluding hydrogens is 130 g/mol. The van der Waals surface area contributed by atoms with Gasteiger partial charge in [0.1, 0.15) is 0 Å². The molecule has 4 heteroatoms. The highest BCUT2D eigenvalue weighted by Crippen LogP contribution is 2.01. The number of nitrogens with zero attached hydrogens (tertiary/aromatic N) is 1. The molecule has 0 unspecified atom stereocenters. The van der Waals surface area contributed by atoms with Crippen LogP contribution in [0.2, 0.25) is 0 Å². The van der Waals surface area contributed by atoms with Gasteiger partial charge in [-0.2, -0.15) is 5.26 Å². The molecule has 0 aliphatic heterocycles. The predicted octanol–water partition coefficient (Wildman–Crippen LogP) is 0.477. The summed E-state index contributed by atoms with van der Waals surface area (Å²) >= 11 is 0. The maximum atomic E-state index is 10.4. The van der Waals surface area contributed by atoms with Gasteiger partial charge in [0.2, 0.25) is 0 Å². The van der Waals surface area contributed by atoms with E-state index in [0.29, 0.717) is 5.69 Å². The van der Waals surface area contributed by atoms with Crippen molar-refractivity contribution in [1.82, 2.24) is 4.98 Å². The number of carbonyl (C=O) groups excluding carboxylic acids is 1. The van der Waals surface area contributed by atoms with E-state index in [1.54, 1.807) is 18.5 Å². The largest absolute Gasteiger partial charge is 0.366 e. The summed E-state index contributed by atoms with van der Waals surface area (Å²) in [4.78, 5) is 13.1. The molecule has 50 valence electrons. The van der Waals surface area contributed by atoms with Gasteiger partial charge in [0.25, 0.3) is 0 Å². The Hall–Kier alpha value is -1.76. The minimum Gasteiger partial charge on any atom is -0.366 e. The fraction of sp³-hybridized carbons (Fsp3) is 0. The van der Waals surface area contributed by atoms with Gasteiger partial charge in [-0.05, 0) is 6.07 Å². The maximum absolute atomic E-state index is 10.4. The summed E-state index contributed by atoms with van der Waals surface area (Å²) < 4.78 is 0. The van der Waals surface area contributed by atoms with Gasteiger partial charge in [0, 0.05) is 12.4 Å². The Kier molecular flexibility index (Phi) is 1.71. The Balaban J connectivity index is 2.59. The number of hydrogen-bond acceptors (Lipinski definition) is 2. The van der Waals surface area contributed by atoms with Crippen LogP contribution in [-0.2, 0) is 4.79 Å². The van der Waals surface area contributed by atoms with Crippen LogP contribution in [0.15, 0.2) is 18.5 Å². The molecule has 1 heterocycles. The summed E-state index contributed by atoms with van der Waals surface area (Å²) in [5.74, 6) is -0.653. The van der Waals surface area contributed by atoms with Gasteiger partial charge in [-0.1, -0.05) is 0 Å². The average Bonchev–Trinajstić information content (AvgIpc) is 2.40. The van der Waals surface area contributed by atoms with Crippen molar-refractivity contribution in [2.24, 2.45) is 0 Å². The Morgan fingerprint density at radius 3 is 3.10 bits per heavy atom. The van der Waals surface area contributed by atoms with E-state index in [1.165, 1.54) is 6.07 Å². The van der Waals surface area contributed by atoms with Crippen molar-refractivity contribution in [3.05, 3.63) is 18.5 Å². The Labute approximate surface area is 57.5 Å². The van der Waals surface area contributed by atoms with Gasteiger partial charge >= 0.3 is 5.91 Å². The molecule has 0 saturated heterocycles. The van der Waals surface area contributed by atoms with Crippen LogP contribution in [0.3, 0.4) is 0 Å². The molecule has 0 aromatic carbocycles. The lowest BCUT2D eigenvalue weighted by molar-refractivity contribution is -0.111. The molecule has 0 saturated carbocycles. The third kappa shape index (κ3) is 1.36. The molecule has 0 bridgehead atoms. The van der Waals surface area contributed by atoms with Gasteiger partial charge in [-0.3, -0.25) is 4.79 Å². The second-order valence-electron chi connectivity index (χ2n) is 1.67. The van der Waals surface area contributed by atoms with Crippen molar-refractivity contribution in [3.8, 4) is 6.07 Å². The van der Waals surface area contributed by atoms with E-state index in [9.17, 15) is 4.79 Å². The zero-order valence-electron chi connectivity index (χ0n) is 5.09. The molecule has 2 N–H and O–H groups in total. The number of nitriles is 1. The summed E-state index contributed by atoms with van der Waals surface area (Å²) in [5.41, 5.74) is 0.603. The minimum atomic E-state index is -0.653. The van der Waals surface area contributed by atoms with Crippen LogP contribution in [0, 0.1) is 11.3 Å². The minimum absolute atomic E-state index is 0.603. The third-order valence-corrected chi connectivity index (χ3v) is 0.957. The highest BCUT2D eigenvalue weighted by Gasteiger charge is 1.96. The first-order valence-corrected chi connectivity index (χ1v) is 2.67. The summed E-state index contributed by atoms with van der Waals surface area (Å²) in [6, 6.07) is 3.10. The van der Waals surface area contributed by atoms with Crippen molar-refractivity contribution in [2.75, 3.05) is 5.32 Å². The van der Waals surface area contributed by atoms with E-state index >= 15 is 0 Å². The standard InChI is InChI=1S/C6H5N3O/c7-3-6(10)9-5-1-2-8-4-5/h1-2,4,8H,(H,9,10). The van der Waals surface area contributed by atoms with Crippen LogP contribution in [0.1, 0.15) is 0 Å². The van der Waals surface area contributed by atoms with E-state index < -0.39 is 5.91 Å². The first-order chi connectivity index (χ1) is 4.83. The van der Waals surface area contributed by atoms with Gasteiger partial charge in [0.15, 0.2) is 6.07 Å². The molecule has 1 rings (SSSR count). The van der Waals surface area contributed by atoms with Gasteiger partial charge in [-0.25, -0.2) is 0 Å². The summed E-state index contributed by atoms with van der Waals surface area (Å²) in [6.45, 7) is 0. The first kappa shape index (κ1) is 6.36. The molecule has 0 aliphatic rings. The molecule has 0 fully saturated rings. The Morgan fingerprint density at radius 1 is 1.80 bits per heavy atom.